The van der Waals surface area contributed by atoms with Gasteiger partial charge in [0, 0.05) is 13.3 Å². The first-order valence-corrected chi connectivity index (χ1v) is 3.73. The minimum Gasteiger partial charge on any atom is -0.296 e. The topological polar surface area (TPSA) is 12.4 Å². The van der Waals surface area contributed by atoms with E-state index in [9.17, 15) is 0 Å². The summed E-state index contributed by atoms with van der Waals surface area (Å²) in [6, 6.07) is 6.36. The van der Waals surface area contributed by atoms with Crippen molar-refractivity contribution in [3.8, 4) is 0 Å². The first-order valence-electron chi connectivity index (χ1n) is 3.73. The smallest absolute Gasteiger partial charge is 0.0284 e. The van der Waals surface area contributed by atoms with Crippen molar-refractivity contribution in [3.63, 3.8) is 0 Å². The molecule has 0 unspecified atom stereocenters. The highest BCUT2D eigenvalue weighted by molar-refractivity contribution is 5.81. The van der Waals surface area contributed by atoms with Gasteiger partial charge in [0.05, 0.1) is 0 Å². The predicted molar refractivity (Wildman–Crippen MR) is 49.4 cm³/mol. The molecule has 0 saturated heterocycles. The number of aryl methyl sites for hydroxylation is 2. The van der Waals surface area contributed by atoms with Crippen molar-refractivity contribution >= 4 is 6.21 Å². The molecule has 0 heterocycles. The van der Waals surface area contributed by atoms with Crippen molar-refractivity contribution in [2.24, 2.45) is 4.99 Å². The molecule has 1 aromatic carbocycles. The van der Waals surface area contributed by atoms with Crippen molar-refractivity contribution in [2.45, 2.75) is 13.8 Å². The second kappa shape index (κ2) is 3.33. The SMILES string of the molecule is CN=Cc1ccc(C)cc1C. The largest absolute Gasteiger partial charge is 0.296 e. The molecule has 0 bridgehead atoms. The maximum atomic E-state index is 3.97. The van der Waals surface area contributed by atoms with E-state index in [1.165, 1.54) is 16.7 Å². The minimum absolute atomic E-state index is 1.21. The average molecular weight is 147 g/mol. The molecule has 0 amide bonds. The van der Waals surface area contributed by atoms with E-state index in [0.29, 0.717) is 0 Å². The Morgan fingerprint density at radius 2 is 2.00 bits per heavy atom. The molecule has 1 nitrogen and oxygen atoms in total. The van der Waals surface area contributed by atoms with Crippen LogP contribution in [0.25, 0.3) is 0 Å². The molecule has 0 spiro atoms. The minimum atomic E-state index is 1.21. The van der Waals surface area contributed by atoms with Gasteiger partial charge in [-0.25, -0.2) is 0 Å². The summed E-state index contributed by atoms with van der Waals surface area (Å²) in [5, 5.41) is 0. The van der Waals surface area contributed by atoms with Gasteiger partial charge in [0.25, 0.3) is 0 Å². The summed E-state index contributed by atoms with van der Waals surface area (Å²) >= 11 is 0. The van der Waals surface area contributed by atoms with E-state index >= 15 is 0 Å². The lowest BCUT2D eigenvalue weighted by molar-refractivity contribution is 1.36. The van der Waals surface area contributed by atoms with Crippen molar-refractivity contribution < 1.29 is 0 Å². The van der Waals surface area contributed by atoms with Gasteiger partial charge in [-0.15, -0.1) is 0 Å². The van der Waals surface area contributed by atoms with Crippen molar-refractivity contribution in [1.82, 2.24) is 0 Å². The Bertz CT molecular complexity index is 274. The van der Waals surface area contributed by atoms with Crippen molar-refractivity contribution in [3.05, 3.63) is 34.9 Å². The van der Waals surface area contributed by atoms with Crippen molar-refractivity contribution in [2.75, 3.05) is 7.05 Å². The van der Waals surface area contributed by atoms with Gasteiger partial charge in [-0.3, -0.25) is 4.99 Å². The third-order valence-corrected chi connectivity index (χ3v) is 1.69. The Morgan fingerprint density at radius 3 is 2.55 bits per heavy atom. The van der Waals surface area contributed by atoms with Gasteiger partial charge >= 0.3 is 0 Å². The van der Waals surface area contributed by atoms with Gasteiger partial charge in [-0.05, 0) is 25.0 Å². The number of hydrogen-bond donors (Lipinski definition) is 0. The third kappa shape index (κ3) is 1.90. The fraction of sp³-hybridized carbons (Fsp3) is 0.300. The van der Waals surface area contributed by atoms with E-state index in [4.69, 9.17) is 0 Å². The predicted octanol–water partition coefficient (Wildman–Crippen LogP) is 2.35. The summed E-state index contributed by atoms with van der Waals surface area (Å²) in [6.45, 7) is 4.20. The second-order valence-corrected chi connectivity index (χ2v) is 2.75. The highest BCUT2D eigenvalue weighted by Crippen LogP contribution is 2.07. The molecule has 11 heavy (non-hydrogen) atoms. The van der Waals surface area contributed by atoms with E-state index in [1.54, 1.807) is 7.05 Å². The molecule has 0 aliphatic heterocycles. The van der Waals surface area contributed by atoms with Gasteiger partial charge in [-0.2, -0.15) is 0 Å². The zero-order valence-corrected chi connectivity index (χ0v) is 7.26. The molecule has 0 aliphatic rings. The van der Waals surface area contributed by atoms with Crippen LogP contribution in [0, 0.1) is 13.8 Å². The highest BCUT2D eigenvalue weighted by Gasteiger charge is 1.92. The summed E-state index contributed by atoms with van der Waals surface area (Å²) in [6.07, 6.45) is 1.88. The normalized spacial score (nSPS) is 10.8. The Morgan fingerprint density at radius 1 is 1.27 bits per heavy atom. The molecule has 0 saturated carbocycles. The highest BCUT2D eigenvalue weighted by atomic mass is 14.6. The molecule has 0 fully saturated rings. The van der Waals surface area contributed by atoms with Gasteiger partial charge in [0.1, 0.15) is 0 Å². The third-order valence-electron chi connectivity index (χ3n) is 1.69. The first kappa shape index (κ1) is 7.99. The number of nitrogens with zero attached hydrogens (tertiary/aromatic N) is 1. The zero-order valence-electron chi connectivity index (χ0n) is 7.26. The maximum absolute atomic E-state index is 3.97. The lowest BCUT2D eigenvalue weighted by Gasteiger charge is -1.99. The fourth-order valence-corrected chi connectivity index (χ4v) is 1.11. The van der Waals surface area contributed by atoms with E-state index < -0.39 is 0 Å². The van der Waals surface area contributed by atoms with E-state index in [-0.39, 0.29) is 0 Å². The molecule has 0 N–H and O–H groups in total. The summed E-state index contributed by atoms with van der Waals surface area (Å²) in [5.74, 6) is 0. The van der Waals surface area contributed by atoms with Crippen LogP contribution in [0.5, 0.6) is 0 Å². The number of benzene rings is 1. The average Bonchev–Trinajstić information content (AvgIpc) is 1.95. The lowest BCUT2D eigenvalue weighted by Crippen LogP contribution is -1.86. The van der Waals surface area contributed by atoms with Crippen LogP contribution in [0.15, 0.2) is 23.2 Å². The van der Waals surface area contributed by atoms with Crippen LogP contribution in [0.2, 0.25) is 0 Å². The van der Waals surface area contributed by atoms with Crippen LogP contribution in [0.1, 0.15) is 16.7 Å². The monoisotopic (exact) mass is 147 g/mol. The number of rotatable bonds is 1. The first-order chi connectivity index (χ1) is 5.24. The van der Waals surface area contributed by atoms with E-state index in [0.717, 1.165) is 0 Å². The molecule has 1 rings (SSSR count). The van der Waals surface area contributed by atoms with Crippen molar-refractivity contribution in [1.29, 1.82) is 0 Å². The van der Waals surface area contributed by atoms with Crippen LogP contribution < -0.4 is 0 Å². The van der Waals surface area contributed by atoms with Gasteiger partial charge in [0.2, 0.25) is 0 Å². The number of hydrogen-bond acceptors (Lipinski definition) is 1. The van der Waals surface area contributed by atoms with Crippen LogP contribution in [-0.4, -0.2) is 13.3 Å². The molecular formula is C10H13N. The number of aliphatic imine (C=N–C) groups is 1. The second-order valence-electron chi connectivity index (χ2n) is 2.75. The molecule has 1 heteroatoms. The van der Waals surface area contributed by atoms with E-state index in [1.807, 2.05) is 6.21 Å². The summed E-state index contributed by atoms with van der Waals surface area (Å²) in [5.41, 5.74) is 3.80. The molecule has 0 radical (unpaired) electrons. The molecule has 0 aromatic heterocycles. The Balaban J connectivity index is 3.09. The summed E-state index contributed by atoms with van der Waals surface area (Å²) in [4.78, 5) is 3.97. The maximum Gasteiger partial charge on any atom is 0.0284 e. The Kier molecular flexibility index (Phi) is 2.42. The molecule has 1 aromatic rings. The van der Waals surface area contributed by atoms with E-state index in [2.05, 4.69) is 37.0 Å². The Labute approximate surface area is 67.8 Å². The molecule has 0 aliphatic carbocycles. The van der Waals surface area contributed by atoms with Gasteiger partial charge in [0.15, 0.2) is 0 Å². The van der Waals surface area contributed by atoms with Crippen LogP contribution in [-0.2, 0) is 0 Å². The van der Waals surface area contributed by atoms with Gasteiger partial charge in [-0.1, -0.05) is 23.8 Å². The van der Waals surface area contributed by atoms with Gasteiger partial charge < -0.3 is 0 Å². The zero-order chi connectivity index (χ0) is 8.27. The summed E-state index contributed by atoms with van der Waals surface area (Å²) in [7, 11) is 1.79. The van der Waals surface area contributed by atoms with Crippen LogP contribution >= 0.6 is 0 Å². The molecule has 0 atom stereocenters. The summed E-state index contributed by atoms with van der Waals surface area (Å²) < 4.78 is 0. The lowest BCUT2D eigenvalue weighted by atomic mass is 10.1. The quantitative estimate of drug-likeness (QED) is 0.541. The molecular weight excluding hydrogens is 134 g/mol. The fourth-order valence-electron chi connectivity index (χ4n) is 1.11. The Hall–Kier alpha value is -1.11. The molecule has 58 valence electrons. The standard InChI is InChI=1S/C10H13N/c1-8-4-5-10(7-11-3)9(2)6-8/h4-7H,1-3H3. The van der Waals surface area contributed by atoms with Crippen LogP contribution in [0.3, 0.4) is 0 Å². The van der Waals surface area contributed by atoms with Crippen LogP contribution in [0.4, 0.5) is 0 Å².